The van der Waals surface area contributed by atoms with Crippen molar-refractivity contribution in [1.82, 2.24) is 4.90 Å². The molecule has 0 bridgehead atoms. The highest BCUT2D eigenvalue weighted by molar-refractivity contribution is 6.02. The Morgan fingerprint density at radius 3 is 1.87 bits per heavy atom. The van der Waals surface area contributed by atoms with E-state index in [2.05, 4.69) is 0 Å². The molecule has 1 heterocycles. The van der Waals surface area contributed by atoms with Crippen LogP contribution in [0, 0.1) is 0 Å². The Balaban J connectivity index is 2.18. The van der Waals surface area contributed by atoms with Crippen LogP contribution >= 0.6 is 0 Å². The first-order chi connectivity index (χ1) is 7.03. The second kappa shape index (κ2) is 3.41. The fraction of sp³-hybridized carbons (Fsp3) is 0.700. The van der Waals surface area contributed by atoms with Crippen LogP contribution < -0.4 is 5.73 Å². The molecule has 0 unspecified atom stereocenters. The van der Waals surface area contributed by atoms with Gasteiger partial charge in [-0.2, -0.15) is 0 Å². The molecule has 0 aromatic carbocycles. The van der Waals surface area contributed by atoms with Crippen molar-refractivity contribution in [3.8, 4) is 0 Å². The maximum atomic E-state index is 11.5. The summed E-state index contributed by atoms with van der Waals surface area (Å²) in [5, 5.41) is 0. The number of ketones is 1. The molecule has 0 radical (unpaired) electrons. The number of Topliss-reactive ketones (excluding diaryl/α,β-unsaturated/α-hetero) is 1. The summed E-state index contributed by atoms with van der Waals surface area (Å²) in [7, 11) is 0. The molecule has 2 rings (SSSR count). The van der Waals surface area contributed by atoms with Gasteiger partial charge in [0.25, 0.3) is 0 Å². The number of hydrogen-bond donors (Lipinski definition) is 1. The van der Waals surface area contributed by atoms with Crippen LogP contribution in [0.3, 0.4) is 0 Å². The predicted molar refractivity (Wildman–Crippen MR) is 51.5 cm³/mol. The van der Waals surface area contributed by atoms with Crippen LogP contribution in [0.2, 0.25) is 0 Å². The summed E-state index contributed by atoms with van der Waals surface area (Å²) in [6, 6.07) is 0. The van der Waals surface area contributed by atoms with Crippen molar-refractivity contribution in [2.75, 3.05) is 0 Å². The van der Waals surface area contributed by atoms with Crippen LogP contribution in [0.15, 0.2) is 0 Å². The maximum Gasteiger partial charge on any atom is 0.231 e. The van der Waals surface area contributed by atoms with E-state index in [1.807, 2.05) is 0 Å². The van der Waals surface area contributed by atoms with Gasteiger partial charge in [-0.3, -0.25) is 19.3 Å². The highest BCUT2D eigenvalue weighted by atomic mass is 16.2. The third-order valence-electron chi connectivity index (χ3n) is 3.17. The zero-order chi connectivity index (χ0) is 11.1. The molecule has 2 N–H and O–H groups in total. The van der Waals surface area contributed by atoms with E-state index in [0.717, 1.165) is 0 Å². The Morgan fingerprint density at radius 2 is 1.40 bits per heavy atom. The highest BCUT2D eigenvalue weighted by Crippen LogP contribution is 2.31. The summed E-state index contributed by atoms with van der Waals surface area (Å²) in [4.78, 5) is 35.3. The molecular weight excluding hydrogens is 196 g/mol. The maximum absolute atomic E-state index is 11.5. The molecule has 2 fully saturated rings. The lowest BCUT2D eigenvalue weighted by molar-refractivity contribution is -0.148. The number of imide groups is 1. The first-order valence-electron chi connectivity index (χ1n) is 5.19. The minimum Gasteiger partial charge on any atom is -0.308 e. The van der Waals surface area contributed by atoms with E-state index in [9.17, 15) is 14.4 Å². The van der Waals surface area contributed by atoms with E-state index in [-0.39, 0.29) is 30.4 Å². The lowest BCUT2D eigenvalue weighted by Crippen LogP contribution is -2.59. The normalized spacial score (nSPS) is 26.2. The molecule has 0 aromatic heterocycles. The van der Waals surface area contributed by atoms with Gasteiger partial charge in [-0.05, 0) is 12.8 Å². The van der Waals surface area contributed by atoms with E-state index < -0.39 is 5.66 Å². The third-order valence-corrected chi connectivity index (χ3v) is 3.17. The standard InChI is InChI=1S/C10H14N2O3/c11-10(5-3-7(13)4-6-10)12-8(14)1-2-9(12)15/h1-6,11H2. The Kier molecular flexibility index (Phi) is 2.34. The quantitative estimate of drug-likeness (QED) is 0.614. The van der Waals surface area contributed by atoms with Crippen LogP contribution in [0.1, 0.15) is 38.5 Å². The lowest BCUT2D eigenvalue weighted by Gasteiger charge is -2.39. The molecule has 1 aliphatic heterocycles. The van der Waals surface area contributed by atoms with Crippen LogP contribution in [-0.2, 0) is 14.4 Å². The molecule has 0 atom stereocenters. The lowest BCUT2D eigenvalue weighted by atomic mass is 9.87. The molecule has 2 amide bonds. The predicted octanol–water partition coefficient (Wildman–Crippen LogP) is -0.0665. The largest absolute Gasteiger partial charge is 0.308 e. The number of nitrogens with zero attached hydrogens (tertiary/aromatic N) is 1. The van der Waals surface area contributed by atoms with Gasteiger partial charge in [-0.1, -0.05) is 0 Å². The molecule has 0 spiro atoms. The molecule has 2 aliphatic rings. The number of likely N-dealkylation sites (tertiary alicyclic amines) is 1. The van der Waals surface area contributed by atoms with Crippen molar-refractivity contribution in [3.05, 3.63) is 0 Å². The molecule has 1 saturated heterocycles. The first kappa shape index (κ1) is 10.3. The average molecular weight is 210 g/mol. The molecule has 5 heteroatoms. The molecular formula is C10H14N2O3. The van der Waals surface area contributed by atoms with E-state index in [1.165, 1.54) is 4.90 Å². The molecule has 15 heavy (non-hydrogen) atoms. The Hall–Kier alpha value is -1.23. The fourth-order valence-corrected chi connectivity index (χ4v) is 2.26. The minimum atomic E-state index is -0.904. The van der Waals surface area contributed by atoms with Crippen LogP contribution in [0.5, 0.6) is 0 Å². The van der Waals surface area contributed by atoms with Crippen molar-refractivity contribution < 1.29 is 14.4 Å². The molecule has 1 saturated carbocycles. The summed E-state index contributed by atoms with van der Waals surface area (Å²) in [5.74, 6) is -0.233. The van der Waals surface area contributed by atoms with Crippen LogP contribution in [0.4, 0.5) is 0 Å². The molecule has 0 aromatic rings. The van der Waals surface area contributed by atoms with Gasteiger partial charge in [-0.15, -0.1) is 0 Å². The summed E-state index contributed by atoms with van der Waals surface area (Å²) in [5.41, 5.74) is 5.14. The van der Waals surface area contributed by atoms with Crippen molar-refractivity contribution in [1.29, 1.82) is 0 Å². The van der Waals surface area contributed by atoms with Crippen LogP contribution in [0.25, 0.3) is 0 Å². The van der Waals surface area contributed by atoms with E-state index in [0.29, 0.717) is 25.7 Å². The topological polar surface area (TPSA) is 80.5 Å². The van der Waals surface area contributed by atoms with Gasteiger partial charge in [0.05, 0.1) is 5.66 Å². The molecule has 5 nitrogen and oxygen atoms in total. The van der Waals surface area contributed by atoms with E-state index in [1.54, 1.807) is 0 Å². The number of rotatable bonds is 1. The van der Waals surface area contributed by atoms with Gasteiger partial charge in [0.15, 0.2) is 0 Å². The second-order valence-corrected chi connectivity index (χ2v) is 4.27. The monoisotopic (exact) mass is 210 g/mol. The average Bonchev–Trinajstić information content (AvgIpc) is 2.52. The number of nitrogens with two attached hydrogens (primary N) is 1. The van der Waals surface area contributed by atoms with Gasteiger partial charge in [0.1, 0.15) is 5.78 Å². The smallest absolute Gasteiger partial charge is 0.231 e. The molecule has 1 aliphatic carbocycles. The summed E-state index contributed by atoms with van der Waals surface area (Å²) in [6.07, 6.45) is 2.06. The third kappa shape index (κ3) is 1.67. The molecule has 82 valence electrons. The first-order valence-corrected chi connectivity index (χ1v) is 5.19. The van der Waals surface area contributed by atoms with Gasteiger partial charge in [0.2, 0.25) is 11.8 Å². The SMILES string of the molecule is NC1(N2C(=O)CCC2=O)CCC(=O)CC1. The van der Waals surface area contributed by atoms with Gasteiger partial charge < -0.3 is 5.73 Å². The Morgan fingerprint density at radius 1 is 0.933 bits per heavy atom. The Labute approximate surface area is 87.6 Å². The summed E-state index contributed by atoms with van der Waals surface area (Å²) < 4.78 is 0. The second-order valence-electron chi connectivity index (χ2n) is 4.27. The number of amides is 2. The fourth-order valence-electron chi connectivity index (χ4n) is 2.26. The van der Waals surface area contributed by atoms with E-state index >= 15 is 0 Å². The Bertz CT molecular complexity index is 312. The van der Waals surface area contributed by atoms with Crippen molar-refractivity contribution in [2.45, 2.75) is 44.2 Å². The zero-order valence-electron chi connectivity index (χ0n) is 8.49. The van der Waals surface area contributed by atoms with E-state index in [4.69, 9.17) is 5.73 Å². The van der Waals surface area contributed by atoms with Crippen molar-refractivity contribution in [2.24, 2.45) is 5.73 Å². The van der Waals surface area contributed by atoms with Gasteiger partial charge in [0, 0.05) is 25.7 Å². The van der Waals surface area contributed by atoms with Crippen molar-refractivity contribution >= 4 is 17.6 Å². The number of carbonyl (C=O) groups is 3. The van der Waals surface area contributed by atoms with Crippen LogP contribution in [-0.4, -0.2) is 28.2 Å². The number of hydrogen-bond acceptors (Lipinski definition) is 4. The van der Waals surface area contributed by atoms with Gasteiger partial charge in [-0.25, -0.2) is 0 Å². The summed E-state index contributed by atoms with van der Waals surface area (Å²) in [6.45, 7) is 0. The van der Waals surface area contributed by atoms with Gasteiger partial charge >= 0.3 is 0 Å². The van der Waals surface area contributed by atoms with Crippen molar-refractivity contribution in [3.63, 3.8) is 0 Å². The summed E-state index contributed by atoms with van der Waals surface area (Å²) >= 11 is 0. The zero-order valence-corrected chi connectivity index (χ0v) is 8.49. The minimum absolute atomic E-state index is 0.162. The number of carbonyl (C=O) groups excluding carboxylic acids is 3. The highest BCUT2D eigenvalue weighted by Gasteiger charge is 2.45.